The molecule has 0 bridgehead atoms. The lowest BCUT2D eigenvalue weighted by atomic mass is 10.2. The maximum absolute atomic E-state index is 6.05. The van der Waals surface area contributed by atoms with Gasteiger partial charge in [0.2, 0.25) is 0 Å². The minimum Gasteiger partial charge on any atom is -0.306 e. The van der Waals surface area contributed by atoms with Crippen LogP contribution in [-0.2, 0) is 25.9 Å². The van der Waals surface area contributed by atoms with Crippen LogP contribution in [0.5, 0.6) is 0 Å². The predicted octanol–water partition coefficient (Wildman–Crippen LogP) is 2.97. The number of alkyl halides is 1. The van der Waals surface area contributed by atoms with Gasteiger partial charge in [0, 0.05) is 12.4 Å². The number of aromatic nitrogens is 5. The van der Waals surface area contributed by atoms with E-state index in [4.69, 9.17) is 11.6 Å². The van der Waals surface area contributed by atoms with Crippen LogP contribution in [0.3, 0.4) is 0 Å². The summed E-state index contributed by atoms with van der Waals surface area (Å²) in [4.78, 5) is 9.02. The lowest BCUT2D eigenvalue weighted by Gasteiger charge is -2.06. The van der Waals surface area contributed by atoms with Gasteiger partial charge in [-0.05, 0) is 6.42 Å². The van der Waals surface area contributed by atoms with E-state index in [0.29, 0.717) is 12.4 Å². The molecule has 0 amide bonds. The molecule has 0 aromatic carbocycles. The highest BCUT2D eigenvalue weighted by Crippen LogP contribution is 2.22. The van der Waals surface area contributed by atoms with Crippen molar-refractivity contribution in [2.75, 3.05) is 0 Å². The normalized spacial score (nSPS) is 11.6. The Morgan fingerprint density at radius 3 is 2.90 bits per heavy atom. The average molecular weight is 310 g/mol. The molecule has 0 saturated carbocycles. The summed E-state index contributed by atoms with van der Waals surface area (Å²) in [7, 11) is 1.96. The Bertz CT molecular complexity index is 713. The summed E-state index contributed by atoms with van der Waals surface area (Å²) in [6, 6.07) is 0. The van der Waals surface area contributed by atoms with Gasteiger partial charge in [0.15, 0.2) is 5.65 Å². The molecule has 0 radical (unpaired) electrons. The molecule has 7 heteroatoms. The van der Waals surface area contributed by atoms with Crippen molar-refractivity contribution in [2.24, 2.45) is 7.05 Å². The molecule has 0 spiro atoms. The standard InChI is InChI=1S/C13H16ClN5S/c1-3-4-10-12-13(18(2)17-10)19(11(5-14)16-12)6-9-7-20-8-15-9/h7-8H,3-6H2,1-2H3. The van der Waals surface area contributed by atoms with Gasteiger partial charge in [-0.2, -0.15) is 5.10 Å². The SMILES string of the molecule is CCCc1nn(C)c2c1nc(CCl)n2Cc1cscn1. The monoisotopic (exact) mass is 309 g/mol. The number of halogens is 1. The van der Waals surface area contributed by atoms with Gasteiger partial charge in [0.05, 0.1) is 29.3 Å². The van der Waals surface area contributed by atoms with Gasteiger partial charge in [-0.1, -0.05) is 13.3 Å². The van der Waals surface area contributed by atoms with Crippen LogP contribution in [0.2, 0.25) is 0 Å². The lowest BCUT2D eigenvalue weighted by molar-refractivity contribution is 0.687. The second-order valence-electron chi connectivity index (χ2n) is 4.72. The summed E-state index contributed by atoms with van der Waals surface area (Å²) in [6.07, 6.45) is 1.99. The molecular formula is C13H16ClN5S. The van der Waals surface area contributed by atoms with Crippen LogP contribution < -0.4 is 0 Å². The zero-order chi connectivity index (χ0) is 14.1. The number of fused-ring (bicyclic) bond motifs is 1. The largest absolute Gasteiger partial charge is 0.306 e. The number of aryl methyl sites for hydroxylation is 2. The quantitative estimate of drug-likeness (QED) is 0.681. The molecule has 0 atom stereocenters. The second-order valence-corrected chi connectivity index (χ2v) is 5.71. The molecule has 0 aliphatic carbocycles. The van der Waals surface area contributed by atoms with Crippen molar-refractivity contribution in [1.82, 2.24) is 24.3 Å². The van der Waals surface area contributed by atoms with Crippen molar-refractivity contribution in [2.45, 2.75) is 32.2 Å². The van der Waals surface area contributed by atoms with Gasteiger partial charge < -0.3 is 4.57 Å². The molecule has 20 heavy (non-hydrogen) atoms. The molecule has 5 nitrogen and oxygen atoms in total. The third kappa shape index (κ3) is 2.23. The zero-order valence-electron chi connectivity index (χ0n) is 11.5. The van der Waals surface area contributed by atoms with Crippen molar-refractivity contribution >= 4 is 34.1 Å². The van der Waals surface area contributed by atoms with Crippen molar-refractivity contribution in [3.05, 3.63) is 28.1 Å². The van der Waals surface area contributed by atoms with Gasteiger partial charge in [0.1, 0.15) is 11.3 Å². The Labute approximate surface area is 126 Å². The highest BCUT2D eigenvalue weighted by atomic mass is 35.5. The number of rotatable bonds is 5. The van der Waals surface area contributed by atoms with Gasteiger partial charge >= 0.3 is 0 Å². The smallest absolute Gasteiger partial charge is 0.159 e. The Kier molecular flexibility index (Phi) is 3.76. The van der Waals surface area contributed by atoms with Crippen molar-refractivity contribution in [3.63, 3.8) is 0 Å². The van der Waals surface area contributed by atoms with Gasteiger partial charge in [-0.25, -0.2) is 9.97 Å². The fourth-order valence-electron chi connectivity index (χ4n) is 2.44. The minimum absolute atomic E-state index is 0.393. The Balaban J connectivity index is 2.13. The number of hydrogen-bond donors (Lipinski definition) is 0. The van der Waals surface area contributed by atoms with E-state index in [0.717, 1.165) is 41.2 Å². The fourth-order valence-corrected chi connectivity index (χ4v) is 3.19. The molecular weight excluding hydrogens is 294 g/mol. The first-order valence-electron chi connectivity index (χ1n) is 6.58. The fraction of sp³-hybridized carbons (Fsp3) is 0.462. The molecule has 0 fully saturated rings. The first-order valence-corrected chi connectivity index (χ1v) is 8.06. The van der Waals surface area contributed by atoms with Crippen LogP contribution in [-0.4, -0.2) is 24.3 Å². The Morgan fingerprint density at radius 2 is 2.25 bits per heavy atom. The van der Waals surface area contributed by atoms with Gasteiger partial charge in [0.25, 0.3) is 0 Å². The van der Waals surface area contributed by atoms with Crippen molar-refractivity contribution in [1.29, 1.82) is 0 Å². The summed E-state index contributed by atoms with van der Waals surface area (Å²) >= 11 is 7.65. The number of hydrogen-bond acceptors (Lipinski definition) is 4. The Morgan fingerprint density at radius 1 is 1.40 bits per heavy atom. The highest BCUT2D eigenvalue weighted by molar-refractivity contribution is 7.07. The summed E-state index contributed by atoms with van der Waals surface area (Å²) in [6.45, 7) is 2.84. The third-order valence-corrected chi connectivity index (χ3v) is 4.15. The van der Waals surface area contributed by atoms with Crippen LogP contribution in [0.4, 0.5) is 0 Å². The highest BCUT2D eigenvalue weighted by Gasteiger charge is 2.18. The van der Waals surface area contributed by atoms with E-state index < -0.39 is 0 Å². The van der Waals surface area contributed by atoms with E-state index in [2.05, 4.69) is 26.6 Å². The summed E-state index contributed by atoms with van der Waals surface area (Å²) in [5, 5.41) is 6.63. The molecule has 3 heterocycles. The van der Waals surface area contributed by atoms with E-state index in [1.807, 2.05) is 22.6 Å². The molecule has 0 aliphatic heterocycles. The van der Waals surface area contributed by atoms with E-state index in [-0.39, 0.29) is 0 Å². The molecule has 3 aromatic heterocycles. The summed E-state index contributed by atoms with van der Waals surface area (Å²) < 4.78 is 4.01. The van der Waals surface area contributed by atoms with E-state index in [1.54, 1.807) is 11.3 Å². The molecule has 3 aromatic rings. The number of thiazole rings is 1. The first kappa shape index (κ1) is 13.6. The molecule has 0 aliphatic rings. The minimum atomic E-state index is 0.393. The van der Waals surface area contributed by atoms with Gasteiger partial charge in [-0.15, -0.1) is 22.9 Å². The van der Waals surface area contributed by atoms with E-state index in [1.165, 1.54) is 0 Å². The molecule has 106 valence electrons. The Hall–Kier alpha value is -1.40. The maximum atomic E-state index is 6.05. The van der Waals surface area contributed by atoms with Crippen molar-refractivity contribution < 1.29 is 0 Å². The predicted molar refractivity (Wildman–Crippen MR) is 81.3 cm³/mol. The van der Waals surface area contributed by atoms with Gasteiger partial charge in [-0.3, -0.25) is 4.68 Å². The van der Waals surface area contributed by atoms with Crippen molar-refractivity contribution in [3.8, 4) is 0 Å². The van der Waals surface area contributed by atoms with Crippen LogP contribution in [0.15, 0.2) is 10.9 Å². The number of nitrogens with zero attached hydrogens (tertiary/aromatic N) is 5. The third-order valence-electron chi connectivity index (χ3n) is 3.28. The van der Waals surface area contributed by atoms with E-state index >= 15 is 0 Å². The molecule has 0 unspecified atom stereocenters. The first-order chi connectivity index (χ1) is 9.74. The molecule has 3 rings (SSSR count). The summed E-state index contributed by atoms with van der Waals surface area (Å²) in [5.41, 5.74) is 5.92. The van der Waals surface area contributed by atoms with Crippen LogP contribution in [0.25, 0.3) is 11.2 Å². The molecule has 0 saturated heterocycles. The van der Waals surface area contributed by atoms with Crippen LogP contribution in [0.1, 0.15) is 30.6 Å². The topological polar surface area (TPSA) is 48.5 Å². The summed E-state index contributed by atoms with van der Waals surface area (Å²) in [5.74, 6) is 1.27. The number of imidazole rings is 1. The van der Waals surface area contributed by atoms with Crippen LogP contribution in [0, 0.1) is 0 Å². The zero-order valence-corrected chi connectivity index (χ0v) is 13.1. The van der Waals surface area contributed by atoms with Crippen LogP contribution >= 0.6 is 22.9 Å². The average Bonchev–Trinajstić information content (AvgIpc) is 3.11. The lowest BCUT2D eigenvalue weighted by Crippen LogP contribution is -2.07. The molecule has 0 N–H and O–H groups in total. The second kappa shape index (κ2) is 5.54. The van der Waals surface area contributed by atoms with E-state index in [9.17, 15) is 0 Å². The maximum Gasteiger partial charge on any atom is 0.159 e.